The standard InChI is InChI=1S/C10H17O3.C10H15.U/c1-9(2,3)10(4,5)8(12)13-7-6-11;1-6-8-2-7-3-9(5-8)10(6)4-7;/h7H2,1-5H3;7-10H,2-5H2,1H3;/q2*-1;+2. The minimum atomic E-state index is -0.593. The van der Waals surface area contributed by atoms with Gasteiger partial charge in [0.15, 0.2) is 0 Å². The molecule has 4 bridgehead atoms. The Morgan fingerprint density at radius 2 is 1.75 bits per heavy atom. The van der Waals surface area contributed by atoms with Crippen LogP contribution in [0.1, 0.15) is 67.2 Å². The molecule has 4 fully saturated rings. The maximum absolute atomic E-state index is 11.5. The van der Waals surface area contributed by atoms with E-state index in [1.807, 2.05) is 26.7 Å². The van der Waals surface area contributed by atoms with Gasteiger partial charge in [-0.2, -0.15) is 18.8 Å². The van der Waals surface area contributed by atoms with Crippen molar-refractivity contribution in [1.29, 1.82) is 0 Å². The van der Waals surface area contributed by atoms with Gasteiger partial charge in [-0.25, -0.2) is 6.29 Å². The Balaban J connectivity index is 0.000000234. The molecule has 0 saturated heterocycles. The summed E-state index contributed by atoms with van der Waals surface area (Å²) in [5.74, 6) is 5.97. The van der Waals surface area contributed by atoms with Gasteiger partial charge in [0.05, 0.1) is 5.41 Å². The predicted octanol–water partition coefficient (Wildman–Crippen LogP) is 4.36. The van der Waals surface area contributed by atoms with Crippen molar-refractivity contribution in [3.8, 4) is 0 Å². The molecule has 0 N–H and O–H groups in total. The van der Waals surface area contributed by atoms with Crippen molar-refractivity contribution in [3.63, 3.8) is 0 Å². The molecule has 0 aromatic heterocycles. The second kappa shape index (κ2) is 8.26. The van der Waals surface area contributed by atoms with Crippen LogP contribution in [0.25, 0.3) is 0 Å². The molecule has 3 nitrogen and oxygen atoms in total. The van der Waals surface area contributed by atoms with Crippen molar-refractivity contribution in [2.45, 2.75) is 67.2 Å². The Morgan fingerprint density at radius 3 is 2.21 bits per heavy atom. The molecule has 0 aromatic carbocycles. The third-order valence-corrected chi connectivity index (χ3v) is 6.87. The zero-order valence-corrected chi connectivity index (χ0v) is 20.2. The van der Waals surface area contributed by atoms with Crippen molar-refractivity contribution in [2.24, 2.45) is 34.5 Å². The SMILES string of the molecule is CC(C)(C)C(C)(C)C(=O)OC[C-]=O.C[C-]1C2CC3CC(C2)C1C3.[U+2]. The maximum atomic E-state index is 11.5. The van der Waals surface area contributed by atoms with Crippen molar-refractivity contribution in [1.82, 2.24) is 0 Å². The van der Waals surface area contributed by atoms with E-state index in [4.69, 9.17) is 4.74 Å². The fourth-order valence-electron chi connectivity index (χ4n) is 4.37. The first-order valence-electron chi connectivity index (χ1n) is 8.93. The number of hydrogen-bond acceptors (Lipinski definition) is 3. The van der Waals surface area contributed by atoms with Crippen LogP contribution in [0, 0.1) is 71.5 Å². The topological polar surface area (TPSA) is 43.4 Å². The van der Waals surface area contributed by atoms with Crippen molar-refractivity contribution in [2.75, 3.05) is 6.61 Å². The zero-order chi connectivity index (χ0) is 17.4. The molecule has 0 spiro atoms. The third kappa shape index (κ3) is 4.48. The molecule has 134 valence electrons. The van der Waals surface area contributed by atoms with Crippen LogP contribution in [-0.4, -0.2) is 18.9 Å². The first kappa shape index (κ1) is 22.2. The molecular formula is C20H32O3U. The van der Waals surface area contributed by atoms with Gasteiger partial charge in [-0.15, -0.1) is 0 Å². The molecular weight excluding hydrogens is 526 g/mol. The van der Waals surface area contributed by atoms with Gasteiger partial charge < -0.3 is 15.4 Å². The van der Waals surface area contributed by atoms with E-state index in [0.29, 0.717) is 0 Å². The van der Waals surface area contributed by atoms with Crippen molar-refractivity contribution < 1.29 is 45.4 Å². The van der Waals surface area contributed by atoms with Gasteiger partial charge >= 0.3 is 37.1 Å². The summed E-state index contributed by atoms with van der Waals surface area (Å²) in [5, 5.41) is 0. The molecule has 0 aliphatic heterocycles. The van der Waals surface area contributed by atoms with Crippen LogP contribution in [0.5, 0.6) is 0 Å². The third-order valence-electron chi connectivity index (χ3n) is 6.87. The average Bonchev–Trinajstić information content (AvgIpc) is 2.86. The average molecular weight is 559 g/mol. The Kier molecular flexibility index (Phi) is 7.65. The summed E-state index contributed by atoms with van der Waals surface area (Å²) in [6.45, 7) is 11.6. The van der Waals surface area contributed by atoms with Crippen molar-refractivity contribution >= 4 is 12.3 Å². The molecule has 24 heavy (non-hydrogen) atoms. The first-order valence-corrected chi connectivity index (χ1v) is 8.93. The van der Waals surface area contributed by atoms with E-state index >= 15 is 0 Å². The Morgan fingerprint density at radius 1 is 1.12 bits per heavy atom. The summed E-state index contributed by atoms with van der Waals surface area (Å²) >= 11 is 0. The molecule has 4 aliphatic carbocycles. The fraction of sp³-hybridized carbons (Fsp3) is 0.850. The van der Waals surface area contributed by atoms with E-state index in [1.165, 1.54) is 6.29 Å². The van der Waals surface area contributed by atoms with Gasteiger partial charge in [0.2, 0.25) is 0 Å². The molecule has 4 aliphatic rings. The van der Waals surface area contributed by atoms with Gasteiger partial charge in [0, 0.05) is 0 Å². The largest absolute Gasteiger partial charge is 2.00 e. The number of ether oxygens (including phenoxy) is 1. The molecule has 0 aromatic rings. The molecule has 0 amide bonds. The van der Waals surface area contributed by atoms with Crippen LogP contribution >= 0.6 is 0 Å². The number of hydrogen-bond donors (Lipinski definition) is 0. The van der Waals surface area contributed by atoms with Crippen LogP contribution in [0.3, 0.4) is 0 Å². The minimum Gasteiger partial charge on any atom is -0.539 e. The normalized spacial score (nSPS) is 31.1. The molecule has 4 rings (SSSR count). The summed E-state index contributed by atoms with van der Waals surface area (Å²) < 4.78 is 4.72. The molecule has 4 saturated carbocycles. The second-order valence-electron chi connectivity index (χ2n) is 9.21. The molecule has 4 heteroatoms. The van der Waals surface area contributed by atoms with E-state index in [9.17, 15) is 9.59 Å². The van der Waals surface area contributed by atoms with Gasteiger partial charge in [-0.1, -0.05) is 52.4 Å². The van der Waals surface area contributed by atoms with Crippen LogP contribution < -0.4 is 0 Å². The van der Waals surface area contributed by atoms with E-state index < -0.39 is 5.41 Å². The number of carbonyl (C=O) groups excluding carboxylic acids is 2. The zero-order valence-electron chi connectivity index (χ0n) is 16.1. The van der Waals surface area contributed by atoms with Gasteiger partial charge in [0.1, 0.15) is 0 Å². The molecule has 0 radical (unpaired) electrons. The summed E-state index contributed by atoms with van der Waals surface area (Å²) in [7, 11) is 0. The fourth-order valence-corrected chi connectivity index (χ4v) is 4.37. The van der Waals surface area contributed by atoms with E-state index in [-0.39, 0.29) is 49.1 Å². The van der Waals surface area contributed by atoms with Gasteiger partial charge in [-0.05, 0) is 31.8 Å². The Hall–Kier alpha value is 0.192. The van der Waals surface area contributed by atoms with Crippen LogP contribution in [0.4, 0.5) is 0 Å². The Bertz CT molecular complexity index is 446. The van der Waals surface area contributed by atoms with Crippen LogP contribution in [0.2, 0.25) is 0 Å². The number of esters is 1. The predicted molar refractivity (Wildman–Crippen MR) is 91.2 cm³/mol. The minimum absolute atomic E-state index is 0. The van der Waals surface area contributed by atoms with E-state index in [0.717, 1.165) is 23.7 Å². The molecule has 4 atom stereocenters. The van der Waals surface area contributed by atoms with E-state index in [1.54, 1.807) is 39.5 Å². The summed E-state index contributed by atoms with van der Waals surface area (Å²) in [6.07, 6.45) is 7.79. The van der Waals surface area contributed by atoms with Gasteiger partial charge in [-0.3, -0.25) is 4.79 Å². The van der Waals surface area contributed by atoms with Crippen LogP contribution in [0.15, 0.2) is 0 Å². The first-order chi connectivity index (χ1) is 10.6. The van der Waals surface area contributed by atoms with Crippen molar-refractivity contribution in [3.05, 3.63) is 5.92 Å². The Labute approximate surface area is 171 Å². The quantitative estimate of drug-likeness (QED) is 0.382. The van der Waals surface area contributed by atoms with E-state index in [2.05, 4.69) is 6.92 Å². The number of rotatable bonds is 3. The summed E-state index contributed by atoms with van der Waals surface area (Å²) in [6, 6.07) is 0. The molecule has 4 unspecified atom stereocenters. The smallest absolute Gasteiger partial charge is 0.539 e. The monoisotopic (exact) mass is 558 g/mol. The molecule has 0 heterocycles. The maximum Gasteiger partial charge on any atom is 2.00 e. The number of carbonyl (C=O) groups is 1. The summed E-state index contributed by atoms with van der Waals surface area (Å²) in [4.78, 5) is 21.4. The van der Waals surface area contributed by atoms with Gasteiger partial charge in [0.25, 0.3) is 0 Å². The van der Waals surface area contributed by atoms with Crippen LogP contribution in [-0.2, 0) is 14.3 Å². The second-order valence-corrected chi connectivity index (χ2v) is 9.21. The summed E-state index contributed by atoms with van der Waals surface area (Å²) in [5.41, 5.74) is -0.781.